The van der Waals surface area contributed by atoms with Crippen molar-refractivity contribution in [2.45, 2.75) is 25.7 Å². The second-order valence-corrected chi connectivity index (χ2v) is 5.75. The van der Waals surface area contributed by atoms with Gasteiger partial charge in [0.25, 0.3) is 0 Å². The molecule has 0 heteroatoms. The van der Waals surface area contributed by atoms with E-state index in [1.54, 1.807) is 25.7 Å². The Morgan fingerprint density at radius 2 is 1.27 bits per heavy atom. The smallest absolute Gasteiger partial charge is 0.0167 e. The third kappa shape index (κ3) is 0.256. The van der Waals surface area contributed by atoms with Crippen molar-refractivity contribution in [2.24, 2.45) is 40.9 Å². The van der Waals surface area contributed by atoms with Gasteiger partial charge in [-0.25, -0.2) is 0 Å². The minimum atomic E-state index is 1.06. The molecule has 0 heterocycles. The van der Waals surface area contributed by atoms with Gasteiger partial charge in [-0.3, -0.25) is 0 Å². The third-order valence-corrected chi connectivity index (χ3v) is 6.18. The van der Waals surface area contributed by atoms with Gasteiger partial charge in [-0.2, -0.15) is 0 Å². The lowest BCUT2D eigenvalue weighted by Crippen LogP contribution is -2.29. The predicted octanol–water partition coefficient (Wildman–Crippen LogP) is 2.30. The Morgan fingerprint density at radius 3 is 1.73 bits per heavy atom. The van der Waals surface area contributed by atoms with Gasteiger partial charge in [-0.15, -0.1) is 0 Å². The molecule has 0 aromatic carbocycles. The lowest BCUT2D eigenvalue weighted by atomic mass is 9.68. The molecule has 0 N–H and O–H groups in total. The van der Waals surface area contributed by atoms with E-state index in [0.29, 0.717) is 0 Å². The largest absolute Gasteiger partial charge is 0.0496 e. The molecule has 0 radical (unpaired) electrons. The zero-order valence-electron chi connectivity index (χ0n) is 6.79. The van der Waals surface area contributed by atoms with Crippen molar-refractivity contribution in [3.05, 3.63) is 0 Å². The molecule has 58 valence electrons. The Morgan fingerprint density at radius 1 is 0.727 bits per heavy atom. The first-order chi connectivity index (χ1) is 5.45. The summed E-state index contributed by atoms with van der Waals surface area (Å²) in [5.74, 6) is 7.68. The van der Waals surface area contributed by atoms with Gasteiger partial charge in [0.1, 0.15) is 0 Å². The molecule has 0 aromatic heterocycles. The fourth-order valence-electron chi connectivity index (χ4n) is 6.06. The van der Waals surface area contributed by atoms with Gasteiger partial charge < -0.3 is 0 Å². The summed E-state index contributed by atoms with van der Waals surface area (Å²) in [4.78, 5) is 0. The molecule has 0 amide bonds. The minimum absolute atomic E-state index is 1.06. The maximum Gasteiger partial charge on any atom is -0.0167 e. The van der Waals surface area contributed by atoms with E-state index in [1.165, 1.54) is 35.5 Å². The van der Waals surface area contributed by atoms with E-state index in [2.05, 4.69) is 0 Å². The molecule has 0 bridgehead atoms. The summed E-state index contributed by atoms with van der Waals surface area (Å²) in [6.45, 7) is 0. The van der Waals surface area contributed by atoms with Crippen molar-refractivity contribution in [2.75, 3.05) is 0 Å². The van der Waals surface area contributed by atoms with Gasteiger partial charge in [0.15, 0.2) is 0 Å². The maximum absolute atomic E-state index is 1.63. The summed E-state index contributed by atoms with van der Waals surface area (Å²) in [7, 11) is 0. The van der Waals surface area contributed by atoms with Crippen molar-refractivity contribution < 1.29 is 0 Å². The highest BCUT2D eigenvalue weighted by atomic mass is 15.0. The van der Waals surface area contributed by atoms with Crippen LogP contribution in [-0.4, -0.2) is 0 Å². The number of hydrogen-bond donors (Lipinski definition) is 0. The van der Waals surface area contributed by atoms with Crippen LogP contribution in [0, 0.1) is 40.9 Å². The molecule has 5 saturated carbocycles. The van der Waals surface area contributed by atoms with E-state index in [-0.39, 0.29) is 0 Å². The van der Waals surface area contributed by atoms with Gasteiger partial charge in [0, 0.05) is 0 Å². The highest BCUT2D eigenvalue weighted by molar-refractivity contribution is 5.40. The first-order valence-corrected chi connectivity index (χ1v) is 5.45. The molecule has 1 spiro atoms. The summed E-state index contributed by atoms with van der Waals surface area (Å²) in [5.41, 5.74) is 1.06. The van der Waals surface area contributed by atoms with Crippen molar-refractivity contribution in [3.8, 4) is 0 Å². The predicted molar refractivity (Wildman–Crippen MR) is 41.8 cm³/mol. The van der Waals surface area contributed by atoms with Gasteiger partial charge in [0.05, 0.1) is 0 Å². The first-order valence-electron chi connectivity index (χ1n) is 5.45. The molecule has 6 atom stereocenters. The van der Waals surface area contributed by atoms with Gasteiger partial charge in [-0.05, 0) is 66.6 Å². The standard InChI is InChI=1S/C11H14/c1-2-6-5(1)9-7-3-4-8-10(6)11(7,8)9/h5-10H,1-4H2. The van der Waals surface area contributed by atoms with Crippen LogP contribution in [0.25, 0.3) is 0 Å². The van der Waals surface area contributed by atoms with Gasteiger partial charge in [0.2, 0.25) is 0 Å². The van der Waals surface area contributed by atoms with Crippen LogP contribution in [0.3, 0.4) is 0 Å². The van der Waals surface area contributed by atoms with E-state index in [0.717, 1.165) is 5.41 Å². The Balaban J connectivity index is 1.75. The van der Waals surface area contributed by atoms with E-state index >= 15 is 0 Å². The zero-order valence-corrected chi connectivity index (χ0v) is 6.79. The lowest BCUT2D eigenvalue weighted by molar-refractivity contribution is 0.119. The number of hydrogen-bond acceptors (Lipinski definition) is 0. The number of fused-ring (bicyclic) bond motifs is 5. The number of rotatable bonds is 0. The van der Waals surface area contributed by atoms with Gasteiger partial charge >= 0.3 is 0 Å². The lowest BCUT2D eigenvalue weighted by Gasteiger charge is -2.37. The highest BCUT2D eigenvalue weighted by Crippen LogP contribution is 2.98. The topological polar surface area (TPSA) is 0 Å². The summed E-state index contributed by atoms with van der Waals surface area (Å²) >= 11 is 0. The molecule has 11 heavy (non-hydrogen) atoms. The van der Waals surface area contributed by atoms with Crippen LogP contribution in [0.1, 0.15) is 25.7 Å². The summed E-state index contributed by atoms with van der Waals surface area (Å²) in [5, 5.41) is 0. The monoisotopic (exact) mass is 146 g/mol. The average Bonchev–Trinajstić information content (AvgIpc) is 2.68. The van der Waals surface area contributed by atoms with Crippen molar-refractivity contribution in [3.63, 3.8) is 0 Å². The fraction of sp³-hybridized carbons (Fsp3) is 1.00. The molecular weight excluding hydrogens is 132 g/mol. The Labute approximate surface area is 67.4 Å². The normalized spacial score (nSPS) is 85.1. The van der Waals surface area contributed by atoms with Crippen molar-refractivity contribution in [1.29, 1.82) is 0 Å². The Hall–Kier alpha value is 0. The molecule has 5 aliphatic carbocycles. The quantitative estimate of drug-likeness (QED) is 0.492. The van der Waals surface area contributed by atoms with Crippen LogP contribution in [0.15, 0.2) is 0 Å². The van der Waals surface area contributed by atoms with E-state index < -0.39 is 0 Å². The van der Waals surface area contributed by atoms with E-state index in [4.69, 9.17) is 0 Å². The Kier molecular flexibility index (Phi) is 0.459. The molecule has 0 aromatic rings. The molecule has 5 fully saturated rings. The van der Waals surface area contributed by atoms with Gasteiger partial charge in [-0.1, -0.05) is 0 Å². The second kappa shape index (κ2) is 1.03. The van der Waals surface area contributed by atoms with Crippen LogP contribution in [0.5, 0.6) is 0 Å². The Bertz CT molecular complexity index is 235. The molecule has 0 saturated heterocycles. The van der Waals surface area contributed by atoms with Crippen molar-refractivity contribution in [1.82, 2.24) is 0 Å². The molecule has 5 aliphatic rings. The first kappa shape index (κ1) is 4.89. The fourth-order valence-corrected chi connectivity index (χ4v) is 6.06. The average molecular weight is 146 g/mol. The summed E-state index contributed by atoms with van der Waals surface area (Å²) < 4.78 is 0. The zero-order chi connectivity index (χ0) is 6.79. The van der Waals surface area contributed by atoms with E-state index in [9.17, 15) is 0 Å². The van der Waals surface area contributed by atoms with Crippen LogP contribution in [0.2, 0.25) is 0 Å². The highest BCUT2D eigenvalue weighted by Gasteiger charge is 2.93. The van der Waals surface area contributed by atoms with Crippen LogP contribution < -0.4 is 0 Å². The van der Waals surface area contributed by atoms with Crippen molar-refractivity contribution >= 4 is 0 Å². The third-order valence-electron chi connectivity index (χ3n) is 6.18. The van der Waals surface area contributed by atoms with Crippen LogP contribution in [0.4, 0.5) is 0 Å². The molecule has 5 rings (SSSR count). The summed E-state index contributed by atoms with van der Waals surface area (Å²) in [6, 6.07) is 0. The molecular formula is C11H14. The molecule has 0 aliphatic heterocycles. The van der Waals surface area contributed by atoms with Crippen LogP contribution in [-0.2, 0) is 0 Å². The summed E-state index contributed by atoms with van der Waals surface area (Å²) in [6.07, 6.45) is 6.51. The maximum atomic E-state index is 1.63. The SMILES string of the molecule is C1CC2C1C1C3CCC4C2C341. The van der Waals surface area contributed by atoms with Crippen LogP contribution >= 0.6 is 0 Å². The second-order valence-electron chi connectivity index (χ2n) is 5.75. The molecule has 0 nitrogen and oxygen atoms in total. The minimum Gasteiger partial charge on any atom is -0.0496 e. The van der Waals surface area contributed by atoms with E-state index in [1.807, 2.05) is 0 Å². The molecule has 6 unspecified atom stereocenters.